The highest BCUT2D eigenvalue weighted by molar-refractivity contribution is 7.91. The number of benzene rings is 3. The highest BCUT2D eigenvalue weighted by Gasteiger charge is 2.31. The van der Waals surface area contributed by atoms with Gasteiger partial charge in [-0.25, -0.2) is 26.4 Å². The fraction of sp³-hybridized carbons (Fsp3) is 0.136. The maximum absolute atomic E-state index is 14.8. The number of aliphatic carboxylic acids is 1. The summed E-state index contributed by atoms with van der Waals surface area (Å²) in [5, 5.41) is 9.26. The predicted octanol–water partition coefficient (Wildman–Crippen LogP) is 4.85. The van der Waals surface area contributed by atoms with Crippen molar-refractivity contribution in [2.75, 3.05) is 0 Å². The van der Waals surface area contributed by atoms with Gasteiger partial charge in [0, 0.05) is 5.56 Å². The van der Waals surface area contributed by atoms with Gasteiger partial charge in [-0.2, -0.15) is 0 Å². The Kier molecular flexibility index (Phi) is 5.82. The third-order valence-electron chi connectivity index (χ3n) is 4.46. The van der Waals surface area contributed by atoms with Gasteiger partial charge in [0.1, 0.15) is 28.1 Å². The normalized spacial score (nSPS) is 11.9. The van der Waals surface area contributed by atoms with E-state index >= 15 is 0 Å². The zero-order valence-corrected chi connectivity index (χ0v) is 17.2. The second kappa shape index (κ2) is 8.07. The maximum atomic E-state index is 14.8. The van der Waals surface area contributed by atoms with Crippen molar-refractivity contribution in [2.45, 2.75) is 29.2 Å². The van der Waals surface area contributed by atoms with Crippen molar-refractivity contribution in [1.29, 1.82) is 0 Å². The molecule has 5 nitrogen and oxygen atoms in total. The number of halogens is 3. The summed E-state index contributed by atoms with van der Waals surface area (Å²) in [6.07, 6.45) is 0. The standard InChI is InChI=1S/C22H17F3O5S/c1-22(2,21(26)27)30-19-8-7-15(24)12-17(19)13-6-9-20(18(25)10-13)31(28,29)16-5-3-4-14(23)11-16/h3-12H,1-2H3,(H,26,27). The zero-order valence-electron chi connectivity index (χ0n) is 16.4. The number of carboxylic acid groups (broad SMARTS) is 1. The quantitative estimate of drug-likeness (QED) is 0.581. The minimum atomic E-state index is -4.35. The van der Waals surface area contributed by atoms with Crippen LogP contribution < -0.4 is 4.74 Å². The van der Waals surface area contributed by atoms with E-state index in [-0.39, 0.29) is 16.9 Å². The summed E-state index contributed by atoms with van der Waals surface area (Å²) in [4.78, 5) is 10.2. The van der Waals surface area contributed by atoms with E-state index in [4.69, 9.17) is 4.74 Å². The molecule has 0 fully saturated rings. The summed E-state index contributed by atoms with van der Waals surface area (Å²) >= 11 is 0. The van der Waals surface area contributed by atoms with E-state index in [1.807, 2.05) is 0 Å². The summed E-state index contributed by atoms with van der Waals surface area (Å²) in [7, 11) is -4.35. The van der Waals surface area contributed by atoms with Crippen LogP contribution in [0.2, 0.25) is 0 Å². The van der Waals surface area contributed by atoms with Crippen molar-refractivity contribution in [3.05, 3.63) is 78.1 Å². The Morgan fingerprint density at radius 2 is 1.61 bits per heavy atom. The Morgan fingerprint density at radius 1 is 0.935 bits per heavy atom. The van der Waals surface area contributed by atoms with Crippen LogP contribution in [0.1, 0.15) is 13.8 Å². The Hall–Kier alpha value is -3.33. The highest BCUT2D eigenvalue weighted by atomic mass is 32.2. The van der Waals surface area contributed by atoms with Gasteiger partial charge >= 0.3 is 5.97 Å². The Labute approximate surface area is 176 Å². The monoisotopic (exact) mass is 450 g/mol. The van der Waals surface area contributed by atoms with Crippen molar-refractivity contribution in [2.24, 2.45) is 0 Å². The Balaban J connectivity index is 2.08. The molecule has 3 aromatic rings. The molecule has 0 heterocycles. The van der Waals surface area contributed by atoms with Crippen LogP contribution >= 0.6 is 0 Å². The van der Waals surface area contributed by atoms with E-state index in [1.165, 1.54) is 32.0 Å². The van der Waals surface area contributed by atoms with Crippen molar-refractivity contribution >= 4 is 15.8 Å². The molecule has 0 aromatic heterocycles. The molecule has 1 N–H and O–H groups in total. The zero-order chi connectivity index (χ0) is 23.0. The van der Waals surface area contributed by atoms with Crippen molar-refractivity contribution < 1.29 is 36.2 Å². The molecule has 0 aliphatic rings. The molecule has 31 heavy (non-hydrogen) atoms. The lowest BCUT2D eigenvalue weighted by atomic mass is 10.0. The summed E-state index contributed by atoms with van der Waals surface area (Å²) in [5.41, 5.74) is -1.57. The number of rotatable bonds is 6. The molecule has 3 rings (SSSR count). The summed E-state index contributed by atoms with van der Waals surface area (Å²) < 4.78 is 72.9. The van der Waals surface area contributed by atoms with Gasteiger partial charge in [-0.15, -0.1) is 0 Å². The molecule has 0 atom stereocenters. The molecule has 0 bridgehead atoms. The molecule has 0 radical (unpaired) electrons. The average molecular weight is 450 g/mol. The Morgan fingerprint density at radius 3 is 2.23 bits per heavy atom. The van der Waals surface area contributed by atoms with Crippen molar-refractivity contribution in [3.63, 3.8) is 0 Å². The van der Waals surface area contributed by atoms with Crippen LogP contribution in [0.25, 0.3) is 11.1 Å². The second-order valence-electron chi connectivity index (χ2n) is 7.16. The number of hydrogen-bond acceptors (Lipinski definition) is 4. The lowest BCUT2D eigenvalue weighted by Gasteiger charge is -2.23. The van der Waals surface area contributed by atoms with Crippen LogP contribution in [0.5, 0.6) is 5.75 Å². The number of carboxylic acids is 1. The molecule has 0 amide bonds. The summed E-state index contributed by atoms with van der Waals surface area (Å²) in [6.45, 7) is 2.58. The first kappa shape index (κ1) is 22.4. The van der Waals surface area contributed by atoms with Gasteiger partial charge in [0.25, 0.3) is 0 Å². The fourth-order valence-corrected chi connectivity index (χ4v) is 4.13. The first-order chi connectivity index (χ1) is 14.4. The average Bonchev–Trinajstić information content (AvgIpc) is 2.68. The highest BCUT2D eigenvalue weighted by Crippen LogP contribution is 2.35. The SMILES string of the molecule is CC(C)(Oc1ccc(F)cc1-c1ccc(S(=O)(=O)c2cccc(F)c2)c(F)c1)C(=O)O. The van der Waals surface area contributed by atoms with Crippen LogP contribution in [0, 0.1) is 17.5 Å². The summed E-state index contributed by atoms with van der Waals surface area (Å²) in [6, 6.07) is 10.5. The third-order valence-corrected chi connectivity index (χ3v) is 6.25. The van der Waals surface area contributed by atoms with E-state index in [9.17, 15) is 31.5 Å². The van der Waals surface area contributed by atoms with Gasteiger partial charge in [-0.3, -0.25) is 0 Å². The topological polar surface area (TPSA) is 80.7 Å². The van der Waals surface area contributed by atoms with Gasteiger partial charge in [0.05, 0.1) is 4.90 Å². The third kappa shape index (κ3) is 4.56. The molecule has 9 heteroatoms. The van der Waals surface area contributed by atoms with Crippen LogP contribution in [0.4, 0.5) is 13.2 Å². The van der Waals surface area contributed by atoms with E-state index in [2.05, 4.69) is 0 Å². The smallest absolute Gasteiger partial charge is 0.347 e. The molecule has 0 aliphatic heterocycles. The molecule has 0 saturated carbocycles. The first-order valence-corrected chi connectivity index (χ1v) is 10.4. The van der Waals surface area contributed by atoms with Crippen LogP contribution in [0.15, 0.2) is 70.5 Å². The molecule has 0 saturated heterocycles. The fourth-order valence-electron chi connectivity index (χ4n) is 2.78. The molecule has 3 aromatic carbocycles. The van der Waals surface area contributed by atoms with E-state index in [0.29, 0.717) is 0 Å². The molecular formula is C22H17F3O5S. The lowest BCUT2D eigenvalue weighted by molar-refractivity contribution is -0.152. The van der Waals surface area contributed by atoms with Gasteiger partial charge in [0.15, 0.2) is 5.60 Å². The molecular weight excluding hydrogens is 433 g/mol. The number of sulfone groups is 1. The predicted molar refractivity (Wildman–Crippen MR) is 106 cm³/mol. The summed E-state index contributed by atoms with van der Waals surface area (Å²) in [5.74, 6) is -3.93. The van der Waals surface area contributed by atoms with Crippen molar-refractivity contribution in [1.82, 2.24) is 0 Å². The molecule has 162 valence electrons. The Bertz CT molecular complexity index is 1270. The number of hydrogen-bond donors (Lipinski definition) is 1. The van der Waals surface area contributed by atoms with E-state index in [0.717, 1.165) is 42.5 Å². The molecule has 0 unspecified atom stereocenters. The van der Waals surface area contributed by atoms with Crippen LogP contribution in [0.3, 0.4) is 0 Å². The van der Waals surface area contributed by atoms with Gasteiger partial charge in [-0.1, -0.05) is 12.1 Å². The number of ether oxygens (including phenoxy) is 1. The minimum absolute atomic E-state index is 0.0305. The van der Waals surface area contributed by atoms with Crippen LogP contribution in [-0.2, 0) is 14.6 Å². The minimum Gasteiger partial charge on any atom is -0.478 e. The van der Waals surface area contributed by atoms with Crippen LogP contribution in [-0.4, -0.2) is 25.1 Å². The van der Waals surface area contributed by atoms with E-state index in [1.54, 1.807) is 0 Å². The largest absolute Gasteiger partial charge is 0.478 e. The first-order valence-electron chi connectivity index (χ1n) is 8.94. The van der Waals surface area contributed by atoms with E-state index < -0.39 is 48.7 Å². The van der Waals surface area contributed by atoms with Gasteiger partial charge in [0.2, 0.25) is 9.84 Å². The van der Waals surface area contributed by atoms with Gasteiger partial charge < -0.3 is 9.84 Å². The second-order valence-corrected chi connectivity index (χ2v) is 9.08. The molecule has 0 aliphatic carbocycles. The lowest BCUT2D eigenvalue weighted by Crippen LogP contribution is -2.38. The van der Waals surface area contributed by atoms with Gasteiger partial charge in [-0.05, 0) is 67.9 Å². The number of carbonyl (C=O) groups is 1. The van der Waals surface area contributed by atoms with Crippen molar-refractivity contribution in [3.8, 4) is 16.9 Å². The molecule has 0 spiro atoms. The maximum Gasteiger partial charge on any atom is 0.347 e.